The van der Waals surface area contributed by atoms with Crippen LogP contribution in [0.15, 0.2) is 42.5 Å². The van der Waals surface area contributed by atoms with E-state index in [1.807, 2.05) is 24.3 Å². The zero-order valence-corrected chi connectivity index (χ0v) is 17.8. The van der Waals surface area contributed by atoms with Gasteiger partial charge < -0.3 is 20.1 Å². The number of hydrogen-bond donors (Lipinski definition) is 2. The van der Waals surface area contributed by atoms with Gasteiger partial charge in [0.25, 0.3) is 0 Å². The smallest absolute Gasteiger partial charge is 0.550 e. The van der Waals surface area contributed by atoms with Crippen LogP contribution >= 0.6 is 0 Å². The first-order valence-electron chi connectivity index (χ1n) is 9.29. The van der Waals surface area contributed by atoms with E-state index >= 15 is 0 Å². The summed E-state index contributed by atoms with van der Waals surface area (Å²) in [4.78, 5) is 10.8. The number of hydrogen-bond acceptors (Lipinski definition) is 4. The van der Waals surface area contributed by atoms with Crippen molar-refractivity contribution in [3.63, 3.8) is 0 Å². The monoisotopic (exact) mass is 368 g/mol. The van der Waals surface area contributed by atoms with Crippen LogP contribution in [0.1, 0.15) is 56.9 Å². The summed E-state index contributed by atoms with van der Waals surface area (Å²) < 4.78 is 0. The Morgan fingerprint density at radius 2 is 2.04 bits per heavy atom. The first kappa shape index (κ1) is 23.4. The predicted molar refractivity (Wildman–Crippen MR) is 95.7 cm³/mol. The molecule has 0 heterocycles. The number of aliphatic carboxylic acids is 1. The number of unbranched alkanes of at least 4 members (excludes halogenated alkanes) is 1. The molecule has 0 bridgehead atoms. The van der Waals surface area contributed by atoms with Crippen molar-refractivity contribution in [3.05, 3.63) is 48.0 Å². The first-order chi connectivity index (χ1) is 12.0. The molecule has 0 unspecified atom stereocenters. The van der Waals surface area contributed by atoms with Crippen molar-refractivity contribution in [2.75, 3.05) is 0 Å². The molecule has 0 aliphatic heterocycles. The molecule has 26 heavy (non-hydrogen) atoms. The molecule has 0 aromatic heterocycles. The molecule has 1 aromatic rings. The van der Waals surface area contributed by atoms with Crippen molar-refractivity contribution in [3.8, 4) is 0 Å². The summed E-state index contributed by atoms with van der Waals surface area (Å²) >= 11 is 0. The molecule has 4 nitrogen and oxygen atoms in total. The summed E-state index contributed by atoms with van der Waals surface area (Å²) in [7, 11) is 0. The third kappa shape index (κ3) is 8.83. The summed E-state index contributed by atoms with van der Waals surface area (Å²) in [6.07, 6.45) is 9.37. The quantitative estimate of drug-likeness (QED) is 0.346. The zero-order valence-electron chi connectivity index (χ0n) is 15.8. The molecule has 138 valence electrons. The minimum Gasteiger partial charge on any atom is -0.550 e. The molecular formula is C21H29NaO4. The summed E-state index contributed by atoms with van der Waals surface area (Å²) in [6.45, 7) is 0. The summed E-state index contributed by atoms with van der Waals surface area (Å²) in [5, 5.41) is 31.2. The maximum Gasteiger partial charge on any atom is 1.00 e. The van der Waals surface area contributed by atoms with Gasteiger partial charge in [-0.3, -0.25) is 0 Å². The molecule has 5 heteroatoms. The van der Waals surface area contributed by atoms with Crippen LogP contribution < -0.4 is 34.7 Å². The SMILES string of the molecule is O=C([O-])C[C@@]1(O)CCC[C@H](/C=C/[C@@H](O)CCCCc2ccccc2)C1.[Na+]. The number of benzene rings is 1. The van der Waals surface area contributed by atoms with Crippen molar-refractivity contribution >= 4 is 5.97 Å². The number of carbonyl (C=O) groups is 1. The molecule has 1 fully saturated rings. The van der Waals surface area contributed by atoms with Gasteiger partial charge in [0.15, 0.2) is 0 Å². The third-order valence-electron chi connectivity index (χ3n) is 5.00. The van der Waals surface area contributed by atoms with E-state index in [1.165, 1.54) is 5.56 Å². The minimum atomic E-state index is -1.20. The maximum absolute atomic E-state index is 10.8. The van der Waals surface area contributed by atoms with E-state index in [1.54, 1.807) is 6.08 Å². The van der Waals surface area contributed by atoms with Crippen LogP contribution in [0.2, 0.25) is 0 Å². The van der Waals surface area contributed by atoms with Crippen molar-refractivity contribution < 1.29 is 49.7 Å². The summed E-state index contributed by atoms with van der Waals surface area (Å²) in [6, 6.07) is 10.3. The van der Waals surface area contributed by atoms with E-state index in [0.717, 1.165) is 38.5 Å². The molecule has 2 N–H and O–H groups in total. The number of aliphatic hydroxyl groups is 2. The Bertz CT molecular complexity index is 560. The molecule has 0 spiro atoms. The van der Waals surface area contributed by atoms with Crippen LogP contribution in [0.25, 0.3) is 0 Å². The average Bonchev–Trinajstić information content (AvgIpc) is 2.57. The Kier molecular flexibility index (Phi) is 10.7. The van der Waals surface area contributed by atoms with E-state index in [9.17, 15) is 20.1 Å². The Morgan fingerprint density at radius 3 is 2.73 bits per heavy atom. The largest absolute Gasteiger partial charge is 1.00 e. The summed E-state index contributed by atoms with van der Waals surface area (Å²) in [5.41, 5.74) is 0.161. The van der Waals surface area contributed by atoms with Gasteiger partial charge in [-0.1, -0.05) is 48.9 Å². The van der Waals surface area contributed by atoms with Crippen LogP contribution in [0.4, 0.5) is 0 Å². The van der Waals surface area contributed by atoms with Gasteiger partial charge >= 0.3 is 29.6 Å². The minimum absolute atomic E-state index is 0. The van der Waals surface area contributed by atoms with Crippen LogP contribution in [0, 0.1) is 5.92 Å². The predicted octanol–water partition coefficient (Wildman–Crippen LogP) is -0.618. The van der Waals surface area contributed by atoms with E-state index < -0.39 is 17.7 Å². The van der Waals surface area contributed by atoms with Crippen molar-refractivity contribution in [1.82, 2.24) is 0 Å². The molecule has 1 aliphatic carbocycles. The van der Waals surface area contributed by atoms with E-state index in [-0.39, 0.29) is 41.9 Å². The number of carboxylic acids is 1. The molecule has 1 aliphatic rings. The summed E-state index contributed by atoms with van der Waals surface area (Å²) in [5.74, 6) is -1.08. The topological polar surface area (TPSA) is 80.6 Å². The fraction of sp³-hybridized carbons (Fsp3) is 0.571. The second kappa shape index (κ2) is 11.9. The molecule has 0 amide bonds. The van der Waals surface area contributed by atoms with Crippen LogP contribution in [-0.4, -0.2) is 27.9 Å². The van der Waals surface area contributed by atoms with E-state index in [2.05, 4.69) is 12.1 Å². The second-order valence-electron chi connectivity index (χ2n) is 7.31. The maximum atomic E-state index is 10.8. The zero-order chi connectivity index (χ0) is 18.1. The van der Waals surface area contributed by atoms with Crippen molar-refractivity contribution in [2.24, 2.45) is 5.92 Å². The molecule has 1 aromatic carbocycles. The van der Waals surface area contributed by atoms with Crippen LogP contribution in [-0.2, 0) is 11.2 Å². The Balaban J connectivity index is 0.00000338. The van der Waals surface area contributed by atoms with Gasteiger partial charge in [0.05, 0.1) is 11.7 Å². The van der Waals surface area contributed by atoms with Crippen molar-refractivity contribution in [1.29, 1.82) is 0 Å². The van der Waals surface area contributed by atoms with Gasteiger partial charge in [0, 0.05) is 12.4 Å². The second-order valence-corrected chi connectivity index (χ2v) is 7.31. The van der Waals surface area contributed by atoms with E-state index in [0.29, 0.717) is 12.8 Å². The van der Waals surface area contributed by atoms with Gasteiger partial charge in [0.1, 0.15) is 0 Å². The fourth-order valence-corrected chi connectivity index (χ4v) is 3.69. The van der Waals surface area contributed by atoms with Gasteiger partial charge in [-0.25, -0.2) is 0 Å². The average molecular weight is 368 g/mol. The molecule has 2 rings (SSSR count). The Labute approximate surface area is 178 Å². The molecule has 1 saturated carbocycles. The molecule has 3 atom stereocenters. The number of aliphatic hydroxyl groups excluding tert-OH is 1. The number of carbonyl (C=O) groups excluding carboxylic acids is 1. The number of rotatable bonds is 9. The van der Waals surface area contributed by atoms with Crippen LogP contribution in [0.5, 0.6) is 0 Å². The van der Waals surface area contributed by atoms with Gasteiger partial charge in [-0.2, -0.15) is 0 Å². The van der Waals surface area contributed by atoms with E-state index in [4.69, 9.17) is 0 Å². The molecule has 0 saturated heterocycles. The number of carboxylic acid groups (broad SMARTS) is 1. The first-order valence-corrected chi connectivity index (χ1v) is 9.29. The normalized spacial score (nSPS) is 24.2. The van der Waals surface area contributed by atoms with Gasteiger partial charge in [-0.15, -0.1) is 0 Å². The Morgan fingerprint density at radius 1 is 1.31 bits per heavy atom. The number of allylic oxidation sites excluding steroid dienone is 1. The third-order valence-corrected chi connectivity index (χ3v) is 5.00. The van der Waals surface area contributed by atoms with Gasteiger partial charge in [-0.05, 0) is 56.4 Å². The number of aryl methyl sites for hydroxylation is 1. The molecule has 0 radical (unpaired) electrons. The Hall–Kier alpha value is -0.650. The molecular weight excluding hydrogens is 339 g/mol. The van der Waals surface area contributed by atoms with Gasteiger partial charge in [0.2, 0.25) is 0 Å². The van der Waals surface area contributed by atoms with Crippen molar-refractivity contribution in [2.45, 2.75) is 69.5 Å². The fourth-order valence-electron chi connectivity index (χ4n) is 3.69. The van der Waals surface area contributed by atoms with Crippen LogP contribution in [0.3, 0.4) is 0 Å². The standard InChI is InChI=1S/C21H30O4.Na/c22-19(11-5-4-9-17-7-2-1-3-8-17)13-12-18-10-6-14-21(25,15-18)16-20(23)24;/h1-3,7-8,12-13,18-19,22,25H,4-6,9-11,14-16H2,(H,23,24);/q;+1/p-1/b13-12+;/t18-,19+,21-;/m1./s1.